The Balaban J connectivity index is 1.35. The van der Waals surface area contributed by atoms with E-state index < -0.39 is 0 Å². The van der Waals surface area contributed by atoms with Gasteiger partial charge in [0.2, 0.25) is 17.7 Å². The third-order valence-electron chi connectivity index (χ3n) is 3.51. The number of carbonyl (C=O) groups is 1. The zero-order valence-electron chi connectivity index (χ0n) is 13.9. The van der Waals surface area contributed by atoms with Gasteiger partial charge >= 0.3 is 0 Å². The third kappa shape index (κ3) is 5.44. The summed E-state index contributed by atoms with van der Waals surface area (Å²) in [6.45, 7) is 2.71. The number of nitrogens with one attached hydrogen (secondary N) is 1. The van der Waals surface area contributed by atoms with Gasteiger partial charge in [0.15, 0.2) is 0 Å². The highest BCUT2D eigenvalue weighted by molar-refractivity contribution is 7.99. The molecule has 0 bridgehead atoms. The summed E-state index contributed by atoms with van der Waals surface area (Å²) in [7, 11) is 0. The Bertz CT molecular complexity index is 798. The van der Waals surface area contributed by atoms with E-state index in [1.807, 2.05) is 16.8 Å². The van der Waals surface area contributed by atoms with E-state index in [9.17, 15) is 4.79 Å². The molecule has 2 aromatic heterocycles. The lowest BCUT2D eigenvalue weighted by Gasteiger charge is -2.04. The van der Waals surface area contributed by atoms with Crippen molar-refractivity contribution in [2.75, 3.05) is 12.3 Å². The van der Waals surface area contributed by atoms with Crippen LogP contribution in [0.2, 0.25) is 0 Å². The first-order chi connectivity index (χ1) is 12.2. The molecule has 0 aliphatic heterocycles. The summed E-state index contributed by atoms with van der Waals surface area (Å²) in [5.74, 6) is 1.84. The largest absolute Gasteiger partial charge is 0.421 e. The molecule has 2 heterocycles. The van der Waals surface area contributed by atoms with E-state index in [1.54, 1.807) is 23.1 Å². The second kappa shape index (κ2) is 8.82. The fourth-order valence-electron chi connectivity index (χ4n) is 2.16. The highest BCUT2D eigenvalue weighted by Crippen LogP contribution is 2.21. The normalized spacial score (nSPS) is 10.8. The van der Waals surface area contributed by atoms with E-state index in [-0.39, 0.29) is 5.91 Å². The van der Waals surface area contributed by atoms with Gasteiger partial charge in [-0.1, -0.05) is 17.7 Å². The molecular weight excluding hydrogens is 354 g/mol. The molecule has 0 atom stereocenters. The molecule has 1 amide bonds. The number of aromatic nitrogens is 2. The second-order valence-corrected chi connectivity index (χ2v) is 7.47. The Kier molecular flexibility index (Phi) is 6.25. The minimum atomic E-state index is -0.000195. The van der Waals surface area contributed by atoms with Crippen molar-refractivity contribution in [1.29, 1.82) is 0 Å². The average molecular weight is 374 g/mol. The number of hydrogen-bond acceptors (Lipinski definition) is 6. The van der Waals surface area contributed by atoms with Gasteiger partial charge in [0.25, 0.3) is 0 Å². The Morgan fingerprint density at radius 2 is 2.08 bits per heavy atom. The Labute approximate surface area is 154 Å². The molecule has 0 aliphatic carbocycles. The van der Waals surface area contributed by atoms with E-state index >= 15 is 0 Å². The van der Waals surface area contributed by atoms with E-state index in [2.05, 4.69) is 46.7 Å². The molecule has 0 spiro atoms. The van der Waals surface area contributed by atoms with Crippen LogP contribution in [0.5, 0.6) is 0 Å². The van der Waals surface area contributed by atoms with Crippen LogP contribution in [0.25, 0.3) is 11.5 Å². The first kappa shape index (κ1) is 17.7. The van der Waals surface area contributed by atoms with Crippen molar-refractivity contribution in [1.82, 2.24) is 15.5 Å². The molecule has 1 aromatic carbocycles. The molecule has 3 rings (SSSR count). The maximum absolute atomic E-state index is 11.9. The molecule has 25 heavy (non-hydrogen) atoms. The quantitative estimate of drug-likeness (QED) is 0.478. The summed E-state index contributed by atoms with van der Waals surface area (Å²) >= 11 is 3.31. The first-order valence-electron chi connectivity index (χ1n) is 8.02. The van der Waals surface area contributed by atoms with Crippen molar-refractivity contribution < 1.29 is 9.21 Å². The van der Waals surface area contributed by atoms with Gasteiger partial charge in [0.1, 0.15) is 0 Å². The lowest BCUT2D eigenvalue weighted by Crippen LogP contribution is -2.25. The minimum absolute atomic E-state index is 0.000195. The highest BCUT2D eigenvalue weighted by atomic mass is 32.2. The topological polar surface area (TPSA) is 68.0 Å². The van der Waals surface area contributed by atoms with Crippen molar-refractivity contribution in [3.8, 4) is 11.5 Å². The van der Waals surface area contributed by atoms with Crippen LogP contribution >= 0.6 is 23.1 Å². The van der Waals surface area contributed by atoms with Crippen molar-refractivity contribution >= 4 is 29.0 Å². The van der Waals surface area contributed by atoms with Crippen molar-refractivity contribution in [2.24, 2.45) is 0 Å². The predicted octanol–water partition coefficient (Wildman–Crippen LogP) is 3.95. The molecule has 0 fully saturated rings. The Hall–Kier alpha value is -2.12. The predicted molar refractivity (Wildman–Crippen MR) is 101 cm³/mol. The van der Waals surface area contributed by atoms with E-state index in [1.165, 1.54) is 10.5 Å². The van der Waals surface area contributed by atoms with Crippen LogP contribution in [0.1, 0.15) is 17.9 Å². The zero-order valence-corrected chi connectivity index (χ0v) is 15.5. The maximum Gasteiger partial charge on any atom is 0.248 e. The van der Waals surface area contributed by atoms with Gasteiger partial charge in [0.05, 0.1) is 0 Å². The Morgan fingerprint density at radius 1 is 1.24 bits per heavy atom. The summed E-state index contributed by atoms with van der Waals surface area (Å²) < 4.78 is 5.57. The fourth-order valence-corrected chi connectivity index (χ4v) is 3.56. The molecular formula is C18H19N3O2S2. The molecule has 3 aromatic rings. The van der Waals surface area contributed by atoms with Gasteiger partial charge in [-0.05, 0) is 30.5 Å². The summed E-state index contributed by atoms with van der Waals surface area (Å²) in [5, 5.41) is 14.8. The fraction of sp³-hybridized carbons (Fsp3) is 0.278. The SMILES string of the molecule is Cc1ccc(SCCNC(=O)CCc2nnc(-c3ccsc3)o2)cc1. The molecule has 130 valence electrons. The number of thioether (sulfide) groups is 1. The van der Waals surface area contributed by atoms with Crippen LogP contribution in [0.4, 0.5) is 0 Å². The standard InChI is InChI=1S/C18H19N3O2S2/c1-13-2-4-15(5-3-13)25-11-9-19-16(22)6-7-17-20-21-18(23-17)14-8-10-24-12-14/h2-5,8,10,12H,6-7,9,11H2,1H3,(H,19,22). The molecule has 0 radical (unpaired) electrons. The number of carbonyl (C=O) groups excluding carboxylic acids is 1. The summed E-state index contributed by atoms with van der Waals surface area (Å²) in [6, 6.07) is 10.3. The van der Waals surface area contributed by atoms with Crippen LogP contribution in [0.15, 0.2) is 50.4 Å². The van der Waals surface area contributed by atoms with Gasteiger partial charge in [-0.2, -0.15) is 11.3 Å². The van der Waals surface area contributed by atoms with Gasteiger partial charge in [-0.15, -0.1) is 22.0 Å². The first-order valence-corrected chi connectivity index (χ1v) is 9.94. The van der Waals surface area contributed by atoms with Crippen LogP contribution in [0.3, 0.4) is 0 Å². The van der Waals surface area contributed by atoms with Crippen LogP contribution < -0.4 is 5.32 Å². The molecule has 0 unspecified atom stereocenters. The number of amides is 1. The molecule has 0 saturated heterocycles. The van der Waals surface area contributed by atoms with Gasteiger partial charge in [0, 0.05) is 41.0 Å². The second-order valence-electron chi connectivity index (χ2n) is 5.52. The van der Waals surface area contributed by atoms with Gasteiger partial charge < -0.3 is 9.73 Å². The average Bonchev–Trinajstić information content (AvgIpc) is 3.29. The Morgan fingerprint density at radius 3 is 2.84 bits per heavy atom. The molecule has 0 saturated carbocycles. The number of benzene rings is 1. The lowest BCUT2D eigenvalue weighted by atomic mass is 10.2. The van der Waals surface area contributed by atoms with Crippen molar-refractivity contribution in [3.63, 3.8) is 0 Å². The molecule has 1 N–H and O–H groups in total. The summed E-state index contributed by atoms with van der Waals surface area (Å²) in [4.78, 5) is 13.1. The molecule has 5 nitrogen and oxygen atoms in total. The number of rotatable bonds is 8. The van der Waals surface area contributed by atoms with Crippen molar-refractivity contribution in [2.45, 2.75) is 24.7 Å². The monoisotopic (exact) mass is 373 g/mol. The summed E-state index contributed by atoms with van der Waals surface area (Å²) in [5.41, 5.74) is 2.17. The van der Waals surface area contributed by atoms with E-state index in [0.29, 0.717) is 31.2 Å². The van der Waals surface area contributed by atoms with E-state index in [0.717, 1.165) is 11.3 Å². The third-order valence-corrected chi connectivity index (χ3v) is 5.21. The van der Waals surface area contributed by atoms with E-state index in [4.69, 9.17) is 4.42 Å². The van der Waals surface area contributed by atoms with Crippen molar-refractivity contribution in [3.05, 3.63) is 52.5 Å². The number of aryl methyl sites for hydroxylation is 2. The maximum atomic E-state index is 11.9. The summed E-state index contributed by atoms with van der Waals surface area (Å²) in [6.07, 6.45) is 0.800. The minimum Gasteiger partial charge on any atom is -0.421 e. The smallest absolute Gasteiger partial charge is 0.248 e. The number of hydrogen-bond donors (Lipinski definition) is 1. The number of thiophene rings is 1. The highest BCUT2D eigenvalue weighted by Gasteiger charge is 2.10. The number of nitrogens with zero attached hydrogens (tertiary/aromatic N) is 2. The van der Waals surface area contributed by atoms with Gasteiger partial charge in [-0.25, -0.2) is 0 Å². The lowest BCUT2D eigenvalue weighted by molar-refractivity contribution is -0.121. The molecule has 0 aliphatic rings. The molecule has 7 heteroatoms. The zero-order chi connectivity index (χ0) is 17.5. The van der Waals surface area contributed by atoms with Crippen LogP contribution in [-0.2, 0) is 11.2 Å². The van der Waals surface area contributed by atoms with Crippen LogP contribution in [-0.4, -0.2) is 28.4 Å². The van der Waals surface area contributed by atoms with Gasteiger partial charge in [-0.3, -0.25) is 4.79 Å². The van der Waals surface area contributed by atoms with Crippen LogP contribution in [0, 0.1) is 6.92 Å².